The molecule has 0 unspecified atom stereocenters. The van der Waals surface area contributed by atoms with E-state index >= 15 is 0 Å². The second kappa shape index (κ2) is 9.27. The van der Waals surface area contributed by atoms with E-state index in [1.807, 2.05) is 25.1 Å². The number of nitrogen functional groups attached to an aromatic ring is 1. The van der Waals surface area contributed by atoms with Crippen LogP contribution in [0.2, 0.25) is 0 Å². The molecule has 1 saturated heterocycles. The van der Waals surface area contributed by atoms with Gasteiger partial charge in [-0.1, -0.05) is 0 Å². The largest absolute Gasteiger partial charge is 0.493 e. The van der Waals surface area contributed by atoms with Crippen LogP contribution in [0.15, 0.2) is 29.2 Å². The van der Waals surface area contributed by atoms with Gasteiger partial charge in [-0.15, -0.1) is 0 Å². The molecule has 4 heterocycles. The zero-order valence-corrected chi connectivity index (χ0v) is 19.2. The van der Waals surface area contributed by atoms with Crippen molar-refractivity contribution < 1.29 is 14.2 Å². The van der Waals surface area contributed by atoms with Gasteiger partial charge >= 0.3 is 6.01 Å². The van der Waals surface area contributed by atoms with E-state index in [0.29, 0.717) is 34.6 Å². The van der Waals surface area contributed by atoms with Crippen molar-refractivity contribution in [2.24, 2.45) is 0 Å². The third-order valence-electron chi connectivity index (χ3n) is 5.94. The normalized spacial score (nSPS) is 14.6. The topological polar surface area (TPSA) is 133 Å². The van der Waals surface area contributed by atoms with Crippen LogP contribution in [0.4, 0.5) is 5.82 Å². The number of nitrogens with two attached hydrogens (primary N) is 1. The Morgan fingerprint density at radius 3 is 2.88 bits per heavy atom. The molecule has 5 rings (SSSR count). The third kappa shape index (κ3) is 4.15. The van der Waals surface area contributed by atoms with Gasteiger partial charge in [0, 0.05) is 42.8 Å². The van der Waals surface area contributed by atoms with E-state index in [2.05, 4.69) is 25.0 Å². The van der Waals surface area contributed by atoms with Crippen molar-refractivity contribution in [1.29, 1.82) is 0 Å². The summed E-state index contributed by atoms with van der Waals surface area (Å²) in [5.74, 6) is 1.34. The summed E-state index contributed by atoms with van der Waals surface area (Å²) in [6.07, 6.45) is 2.54. The number of fused-ring (bicyclic) bond motifs is 3. The van der Waals surface area contributed by atoms with Crippen molar-refractivity contribution in [3.05, 3.63) is 40.3 Å². The van der Waals surface area contributed by atoms with Crippen LogP contribution in [-0.4, -0.2) is 76.2 Å². The Kier molecular flexibility index (Phi) is 6.03. The zero-order valence-electron chi connectivity index (χ0n) is 19.2. The molecule has 1 aliphatic rings. The summed E-state index contributed by atoms with van der Waals surface area (Å²) >= 11 is 0. The Balaban J connectivity index is 1.43. The standard InChI is InChI=1S/C23H27N7O4/c1-14-13-25-23(32-2)27-21(14)30-20(24)18-19(28-30)16-5-4-15(12-17(16)26-22(18)31)34-9-3-6-29-7-10-33-11-8-29/h4-5,12-13H,3,6-11,24H2,1-2H3,(H,26,31). The molecule has 34 heavy (non-hydrogen) atoms. The molecule has 0 spiro atoms. The van der Waals surface area contributed by atoms with Gasteiger partial charge in [0.2, 0.25) is 0 Å². The molecular formula is C23H27N7O4. The lowest BCUT2D eigenvalue weighted by Crippen LogP contribution is -2.37. The zero-order chi connectivity index (χ0) is 23.7. The van der Waals surface area contributed by atoms with Gasteiger partial charge in [-0.25, -0.2) is 4.98 Å². The van der Waals surface area contributed by atoms with E-state index in [-0.39, 0.29) is 17.4 Å². The van der Waals surface area contributed by atoms with E-state index in [9.17, 15) is 4.79 Å². The number of nitrogens with one attached hydrogen (secondary N) is 1. The number of aryl methyl sites for hydroxylation is 1. The first-order valence-corrected chi connectivity index (χ1v) is 11.2. The van der Waals surface area contributed by atoms with Gasteiger partial charge < -0.3 is 24.9 Å². The van der Waals surface area contributed by atoms with Crippen molar-refractivity contribution in [2.75, 3.05) is 52.3 Å². The summed E-state index contributed by atoms with van der Waals surface area (Å²) in [7, 11) is 1.48. The number of pyridine rings is 1. The van der Waals surface area contributed by atoms with Crippen LogP contribution in [0.1, 0.15) is 12.0 Å². The van der Waals surface area contributed by atoms with Gasteiger partial charge in [-0.2, -0.15) is 14.8 Å². The van der Waals surface area contributed by atoms with Crippen molar-refractivity contribution in [1.82, 2.24) is 29.6 Å². The molecule has 11 nitrogen and oxygen atoms in total. The number of methoxy groups -OCH3 is 1. The molecule has 1 aromatic carbocycles. The number of H-pyrrole nitrogens is 1. The van der Waals surface area contributed by atoms with Crippen LogP contribution in [0.25, 0.3) is 27.6 Å². The maximum absolute atomic E-state index is 12.9. The lowest BCUT2D eigenvalue weighted by molar-refractivity contribution is 0.0358. The van der Waals surface area contributed by atoms with Gasteiger partial charge in [-0.3, -0.25) is 9.69 Å². The quantitative estimate of drug-likeness (QED) is 0.391. The van der Waals surface area contributed by atoms with Crippen LogP contribution >= 0.6 is 0 Å². The number of benzene rings is 1. The lowest BCUT2D eigenvalue weighted by atomic mass is 10.1. The molecule has 3 aromatic heterocycles. The van der Waals surface area contributed by atoms with Crippen LogP contribution in [0.3, 0.4) is 0 Å². The monoisotopic (exact) mass is 465 g/mol. The van der Waals surface area contributed by atoms with Gasteiger partial charge in [0.25, 0.3) is 5.56 Å². The fourth-order valence-electron chi connectivity index (χ4n) is 4.15. The lowest BCUT2D eigenvalue weighted by Gasteiger charge is -2.26. The highest BCUT2D eigenvalue weighted by atomic mass is 16.5. The first-order valence-electron chi connectivity index (χ1n) is 11.2. The summed E-state index contributed by atoms with van der Waals surface area (Å²) in [5, 5.41) is 5.71. The molecule has 4 aromatic rings. The summed E-state index contributed by atoms with van der Waals surface area (Å²) < 4.78 is 17.9. The molecule has 0 aliphatic carbocycles. The highest BCUT2D eigenvalue weighted by molar-refractivity contribution is 6.07. The number of aromatic amines is 1. The Morgan fingerprint density at radius 1 is 1.26 bits per heavy atom. The second-order valence-corrected chi connectivity index (χ2v) is 8.20. The summed E-state index contributed by atoms with van der Waals surface area (Å²) in [5.41, 5.74) is 7.88. The molecule has 0 amide bonds. The second-order valence-electron chi connectivity index (χ2n) is 8.20. The maximum atomic E-state index is 12.9. The minimum Gasteiger partial charge on any atom is -0.493 e. The SMILES string of the molecule is COc1ncc(C)c(-n2nc3c(c2N)c(=O)[nH]c2cc(OCCCN4CCOCC4)ccc23)n1. The number of hydrogen-bond donors (Lipinski definition) is 2. The number of nitrogens with zero attached hydrogens (tertiary/aromatic N) is 5. The van der Waals surface area contributed by atoms with E-state index in [0.717, 1.165) is 50.2 Å². The minimum absolute atomic E-state index is 0.189. The predicted molar refractivity (Wildman–Crippen MR) is 128 cm³/mol. The predicted octanol–water partition coefficient (Wildman–Crippen LogP) is 1.66. The number of aromatic nitrogens is 5. The van der Waals surface area contributed by atoms with Crippen LogP contribution in [-0.2, 0) is 4.74 Å². The molecule has 0 atom stereocenters. The fraction of sp³-hybridized carbons (Fsp3) is 0.391. The molecule has 1 aliphatic heterocycles. The number of anilines is 1. The molecule has 178 valence electrons. The van der Waals surface area contributed by atoms with Crippen molar-refractivity contribution in [2.45, 2.75) is 13.3 Å². The van der Waals surface area contributed by atoms with Crippen LogP contribution in [0, 0.1) is 6.92 Å². The number of rotatable bonds is 7. The molecule has 11 heteroatoms. The molecule has 0 radical (unpaired) electrons. The fourth-order valence-corrected chi connectivity index (χ4v) is 4.15. The first kappa shape index (κ1) is 22.1. The van der Waals surface area contributed by atoms with E-state index in [4.69, 9.17) is 19.9 Å². The van der Waals surface area contributed by atoms with E-state index in [1.54, 1.807) is 6.20 Å². The Labute approximate surface area is 195 Å². The highest BCUT2D eigenvalue weighted by Gasteiger charge is 2.19. The van der Waals surface area contributed by atoms with Gasteiger partial charge in [0.15, 0.2) is 5.82 Å². The Morgan fingerprint density at radius 2 is 2.09 bits per heavy atom. The maximum Gasteiger partial charge on any atom is 0.318 e. The first-order chi connectivity index (χ1) is 16.5. The Hall–Kier alpha value is -3.70. The smallest absolute Gasteiger partial charge is 0.318 e. The number of morpholine rings is 1. The highest BCUT2D eigenvalue weighted by Crippen LogP contribution is 2.29. The van der Waals surface area contributed by atoms with Crippen molar-refractivity contribution >= 4 is 27.6 Å². The third-order valence-corrected chi connectivity index (χ3v) is 5.94. The van der Waals surface area contributed by atoms with Gasteiger partial charge in [-0.05, 0) is 25.5 Å². The minimum atomic E-state index is -0.325. The molecule has 0 saturated carbocycles. The molecule has 1 fully saturated rings. The van der Waals surface area contributed by atoms with Crippen molar-refractivity contribution in [3.8, 4) is 17.6 Å². The number of ether oxygens (including phenoxy) is 3. The van der Waals surface area contributed by atoms with Crippen LogP contribution < -0.4 is 20.8 Å². The number of hydrogen-bond acceptors (Lipinski definition) is 9. The van der Waals surface area contributed by atoms with Gasteiger partial charge in [0.1, 0.15) is 22.5 Å². The summed E-state index contributed by atoms with van der Waals surface area (Å²) in [6.45, 7) is 6.90. The van der Waals surface area contributed by atoms with Crippen LogP contribution in [0.5, 0.6) is 11.8 Å². The molecule has 3 N–H and O–H groups in total. The summed E-state index contributed by atoms with van der Waals surface area (Å²) in [4.78, 5) is 26.6. The Bertz CT molecular complexity index is 1390. The van der Waals surface area contributed by atoms with E-state index in [1.165, 1.54) is 11.8 Å². The summed E-state index contributed by atoms with van der Waals surface area (Å²) in [6, 6.07) is 5.77. The van der Waals surface area contributed by atoms with E-state index < -0.39 is 0 Å². The average molecular weight is 466 g/mol. The average Bonchev–Trinajstić information content (AvgIpc) is 3.20. The van der Waals surface area contributed by atoms with Gasteiger partial charge in [0.05, 0.1) is 32.4 Å². The molecular weight excluding hydrogens is 438 g/mol. The van der Waals surface area contributed by atoms with Crippen molar-refractivity contribution in [3.63, 3.8) is 0 Å². The molecule has 0 bridgehead atoms.